The Labute approximate surface area is 138 Å². The van der Waals surface area contributed by atoms with Crippen LogP contribution in [0.2, 0.25) is 0 Å². The van der Waals surface area contributed by atoms with Gasteiger partial charge in [-0.1, -0.05) is 22.4 Å². The van der Waals surface area contributed by atoms with Crippen molar-refractivity contribution in [1.82, 2.24) is 0 Å². The van der Waals surface area contributed by atoms with E-state index in [1.54, 1.807) is 4.90 Å². The minimum absolute atomic E-state index is 0.0537. The Morgan fingerprint density at radius 3 is 2.64 bits per heavy atom. The molecule has 0 aromatic heterocycles. The number of nitrogens with zero attached hydrogens (tertiary/aromatic N) is 1. The Bertz CT molecular complexity index is 751. The molecule has 1 heterocycles. The van der Waals surface area contributed by atoms with Gasteiger partial charge in [-0.25, -0.2) is 8.42 Å². The summed E-state index contributed by atoms with van der Waals surface area (Å²) in [7, 11) is -3.26. The Kier molecular flexibility index (Phi) is 3.21. The van der Waals surface area contributed by atoms with Gasteiger partial charge in [-0.15, -0.1) is 0 Å². The predicted octanol–water partition coefficient (Wildman–Crippen LogP) is 2.79. The summed E-state index contributed by atoms with van der Waals surface area (Å²) in [6, 6.07) is 5.96. The van der Waals surface area contributed by atoms with E-state index in [2.05, 4.69) is 22.0 Å². The maximum absolute atomic E-state index is 12.6. The SMILES string of the molecule is O=C(CS(=O)(=O)C1CC1)N1CC2(CCC2)c2cc(Br)ccc21. The molecule has 0 radical (unpaired) electrons. The first-order valence-corrected chi connectivity index (χ1v) is 10.2. The van der Waals surface area contributed by atoms with Crippen LogP contribution in [0.4, 0.5) is 5.69 Å². The number of halogens is 1. The van der Waals surface area contributed by atoms with Crippen LogP contribution in [-0.2, 0) is 20.0 Å². The molecule has 2 fully saturated rings. The molecule has 1 spiro atoms. The summed E-state index contributed by atoms with van der Waals surface area (Å²) in [6.45, 7) is 0.637. The van der Waals surface area contributed by atoms with Crippen LogP contribution in [0.15, 0.2) is 22.7 Å². The van der Waals surface area contributed by atoms with Crippen molar-refractivity contribution in [3.05, 3.63) is 28.2 Å². The van der Waals surface area contributed by atoms with Gasteiger partial charge in [0.15, 0.2) is 9.84 Å². The average molecular weight is 384 g/mol. The summed E-state index contributed by atoms with van der Waals surface area (Å²) < 4.78 is 25.2. The highest BCUT2D eigenvalue weighted by Gasteiger charge is 2.49. The van der Waals surface area contributed by atoms with E-state index in [1.165, 1.54) is 12.0 Å². The van der Waals surface area contributed by atoms with Crippen molar-refractivity contribution in [3.8, 4) is 0 Å². The summed E-state index contributed by atoms with van der Waals surface area (Å²) >= 11 is 3.50. The molecule has 0 N–H and O–H groups in total. The van der Waals surface area contributed by atoms with E-state index in [-0.39, 0.29) is 22.3 Å². The van der Waals surface area contributed by atoms with Gasteiger partial charge in [0, 0.05) is 22.1 Å². The van der Waals surface area contributed by atoms with Crippen LogP contribution in [0.25, 0.3) is 0 Å². The van der Waals surface area contributed by atoms with Gasteiger partial charge in [-0.2, -0.15) is 0 Å². The van der Waals surface area contributed by atoms with E-state index < -0.39 is 9.84 Å². The van der Waals surface area contributed by atoms with Crippen molar-refractivity contribution < 1.29 is 13.2 Å². The molecule has 2 saturated carbocycles. The second-order valence-electron chi connectivity index (χ2n) is 6.78. The lowest BCUT2D eigenvalue weighted by atomic mass is 9.66. The molecule has 2 aliphatic carbocycles. The molecule has 0 bridgehead atoms. The Morgan fingerprint density at radius 2 is 2.05 bits per heavy atom. The van der Waals surface area contributed by atoms with Crippen LogP contribution in [0.1, 0.15) is 37.7 Å². The molecule has 1 aromatic rings. The summed E-state index contributed by atoms with van der Waals surface area (Å²) in [4.78, 5) is 14.3. The van der Waals surface area contributed by atoms with Crippen molar-refractivity contribution in [1.29, 1.82) is 0 Å². The predicted molar refractivity (Wildman–Crippen MR) is 88.8 cm³/mol. The van der Waals surface area contributed by atoms with Crippen molar-refractivity contribution in [2.75, 3.05) is 17.2 Å². The molecule has 6 heteroatoms. The second kappa shape index (κ2) is 4.81. The van der Waals surface area contributed by atoms with Gasteiger partial charge >= 0.3 is 0 Å². The zero-order valence-electron chi connectivity index (χ0n) is 12.2. The fourth-order valence-corrected chi connectivity index (χ4v) is 5.64. The quantitative estimate of drug-likeness (QED) is 0.806. The summed E-state index contributed by atoms with van der Waals surface area (Å²) in [5.41, 5.74) is 2.15. The molecule has 1 aliphatic heterocycles. The van der Waals surface area contributed by atoms with Gasteiger partial charge in [0.05, 0.1) is 5.25 Å². The van der Waals surface area contributed by atoms with E-state index in [1.807, 2.05) is 12.1 Å². The highest BCUT2D eigenvalue weighted by Crippen LogP contribution is 2.53. The van der Waals surface area contributed by atoms with Crippen molar-refractivity contribution in [3.63, 3.8) is 0 Å². The maximum Gasteiger partial charge on any atom is 0.242 e. The Hall–Kier alpha value is -0.880. The first-order chi connectivity index (χ1) is 10.4. The number of carbonyl (C=O) groups is 1. The number of amides is 1. The standard InChI is InChI=1S/C16H18BrNO3S/c17-11-2-5-14-13(8-11)16(6-1-7-16)10-18(14)15(19)9-22(20,21)12-3-4-12/h2,5,8,12H,1,3-4,6-7,9-10H2. The minimum atomic E-state index is -3.26. The lowest BCUT2D eigenvalue weighted by Gasteiger charge is -2.39. The van der Waals surface area contributed by atoms with Crippen LogP contribution >= 0.6 is 15.9 Å². The molecular formula is C16H18BrNO3S. The normalized spacial score (nSPS) is 22.5. The first-order valence-electron chi connectivity index (χ1n) is 7.73. The fraction of sp³-hybridized carbons (Fsp3) is 0.562. The van der Waals surface area contributed by atoms with E-state index >= 15 is 0 Å². The van der Waals surface area contributed by atoms with Gasteiger partial charge in [-0.05, 0) is 49.4 Å². The number of fused-ring (bicyclic) bond motifs is 2. The van der Waals surface area contributed by atoms with Gasteiger partial charge in [0.1, 0.15) is 5.75 Å². The van der Waals surface area contributed by atoms with Crippen LogP contribution < -0.4 is 4.90 Å². The van der Waals surface area contributed by atoms with E-state index in [9.17, 15) is 13.2 Å². The maximum atomic E-state index is 12.6. The van der Waals surface area contributed by atoms with Crippen LogP contribution in [0, 0.1) is 0 Å². The minimum Gasteiger partial charge on any atom is -0.310 e. The van der Waals surface area contributed by atoms with Gasteiger partial charge in [0.2, 0.25) is 5.91 Å². The van der Waals surface area contributed by atoms with Crippen molar-refractivity contribution in [2.45, 2.75) is 42.8 Å². The third-order valence-electron chi connectivity index (χ3n) is 5.25. The Morgan fingerprint density at radius 1 is 1.32 bits per heavy atom. The van der Waals surface area contributed by atoms with Crippen LogP contribution in [0.3, 0.4) is 0 Å². The molecule has 1 aromatic carbocycles. The third kappa shape index (κ3) is 2.22. The molecule has 0 unspecified atom stereocenters. The molecule has 3 aliphatic rings. The van der Waals surface area contributed by atoms with Crippen LogP contribution in [-0.4, -0.2) is 31.9 Å². The fourth-order valence-electron chi connectivity index (χ4n) is 3.69. The number of hydrogen-bond acceptors (Lipinski definition) is 3. The van der Waals surface area contributed by atoms with Crippen molar-refractivity contribution >= 4 is 37.4 Å². The second-order valence-corrected chi connectivity index (χ2v) is 9.98. The van der Waals surface area contributed by atoms with E-state index in [0.29, 0.717) is 19.4 Å². The van der Waals surface area contributed by atoms with E-state index in [4.69, 9.17) is 0 Å². The molecule has 1 amide bonds. The van der Waals surface area contributed by atoms with Gasteiger partial charge in [0.25, 0.3) is 0 Å². The molecule has 4 rings (SSSR count). The van der Waals surface area contributed by atoms with Gasteiger partial charge < -0.3 is 4.90 Å². The molecular weight excluding hydrogens is 366 g/mol. The van der Waals surface area contributed by atoms with Gasteiger partial charge in [-0.3, -0.25) is 4.79 Å². The highest BCUT2D eigenvalue weighted by atomic mass is 79.9. The average Bonchev–Trinajstić information content (AvgIpc) is 3.19. The third-order valence-corrected chi connectivity index (χ3v) is 7.88. The van der Waals surface area contributed by atoms with Crippen LogP contribution in [0.5, 0.6) is 0 Å². The summed E-state index contributed by atoms with van der Waals surface area (Å²) in [5.74, 6) is -0.609. The monoisotopic (exact) mass is 383 g/mol. The number of sulfone groups is 1. The molecule has 22 heavy (non-hydrogen) atoms. The lowest BCUT2D eigenvalue weighted by molar-refractivity contribution is -0.116. The number of anilines is 1. The summed E-state index contributed by atoms with van der Waals surface area (Å²) in [5, 5.41) is -0.277. The van der Waals surface area contributed by atoms with E-state index in [0.717, 1.165) is 23.0 Å². The topological polar surface area (TPSA) is 54.5 Å². The number of carbonyl (C=O) groups excluding carboxylic acids is 1. The molecule has 0 saturated heterocycles. The molecule has 0 atom stereocenters. The number of hydrogen-bond donors (Lipinski definition) is 0. The number of rotatable bonds is 3. The smallest absolute Gasteiger partial charge is 0.242 e. The first kappa shape index (κ1) is 14.7. The lowest BCUT2D eigenvalue weighted by Crippen LogP contribution is -2.43. The molecule has 118 valence electrons. The van der Waals surface area contributed by atoms with Crippen molar-refractivity contribution in [2.24, 2.45) is 0 Å². The zero-order valence-corrected chi connectivity index (χ0v) is 14.6. The number of benzene rings is 1. The largest absolute Gasteiger partial charge is 0.310 e. The zero-order chi connectivity index (χ0) is 15.5. The molecule has 4 nitrogen and oxygen atoms in total. The highest BCUT2D eigenvalue weighted by molar-refractivity contribution is 9.10. The Balaban J connectivity index is 1.65. The summed E-state index contributed by atoms with van der Waals surface area (Å²) in [6.07, 6.45) is 4.76.